The van der Waals surface area contributed by atoms with Crippen LogP contribution < -0.4 is 4.74 Å². The van der Waals surface area contributed by atoms with Crippen LogP contribution >= 0.6 is 34.4 Å². The third-order valence-electron chi connectivity index (χ3n) is 4.14. The smallest absolute Gasteiger partial charge is 0.293 e. The Morgan fingerprint density at radius 2 is 1.90 bits per heavy atom. The molecule has 150 valence electrons. The van der Waals surface area contributed by atoms with Crippen LogP contribution in [0, 0.1) is 13.7 Å². The van der Waals surface area contributed by atoms with Crippen LogP contribution in [0.4, 0.5) is 10.5 Å². The van der Waals surface area contributed by atoms with Crippen LogP contribution in [-0.4, -0.2) is 27.0 Å². The number of carbonyl (C=O) groups excluding carboxylic acids is 2. The molecular weight excluding hydrogens is 507 g/mol. The minimum Gasteiger partial charge on any atom is -0.488 e. The van der Waals surface area contributed by atoms with Gasteiger partial charge in [-0.25, -0.2) is 0 Å². The number of halogens is 1. The van der Waals surface area contributed by atoms with E-state index in [2.05, 4.69) is 22.6 Å². The zero-order valence-corrected chi connectivity index (χ0v) is 18.6. The largest absolute Gasteiger partial charge is 0.488 e. The molecule has 0 aromatic heterocycles. The summed E-state index contributed by atoms with van der Waals surface area (Å²) in [6.45, 7) is 3.89. The van der Waals surface area contributed by atoms with Crippen molar-refractivity contribution < 1.29 is 19.2 Å². The number of non-ortho nitro benzene ring substituents is 1. The first-order valence-electron chi connectivity index (χ1n) is 8.69. The molecule has 1 aliphatic heterocycles. The fourth-order valence-corrected chi connectivity index (χ4v) is 4.33. The number of benzene rings is 2. The molecule has 2 aromatic carbocycles. The minimum absolute atomic E-state index is 0.0366. The number of amides is 2. The molecular formula is C20H17IN2O5S. The van der Waals surface area contributed by atoms with Crippen LogP contribution in [0.1, 0.15) is 25.0 Å². The van der Waals surface area contributed by atoms with Gasteiger partial charge in [-0.05, 0) is 89.7 Å². The number of hydrogen-bond acceptors (Lipinski definition) is 6. The predicted octanol–water partition coefficient (Wildman–Crippen LogP) is 5.22. The summed E-state index contributed by atoms with van der Waals surface area (Å²) in [5, 5.41) is 10.5. The Bertz CT molecular complexity index is 1000. The highest BCUT2D eigenvalue weighted by Crippen LogP contribution is 2.34. The van der Waals surface area contributed by atoms with Crippen LogP contribution in [-0.2, 0) is 11.4 Å². The van der Waals surface area contributed by atoms with Gasteiger partial charge in [0.15, 0.2) is 0 Å². The third-order valence-corrected chi connectivity index (χ3v) is 5.86. The van der Waals surface area contributed by atoms with E-state index in [1.165, 1.54) is 17.0 Å². The van der Waals surface area contributed by atoms with Gasteiger partial charge in [0, 0.05) is 18.2 Å². The van der Waals surface area contributed by atoms with Crippen LogP contribution in [0.2, 0.25) is 0 Å². The number of nitrogens with zero attached hydrogens (tertiary/aromatic N) is 2. The molecule has 1 saturated heterocycles. The van der Waals surface area contributed by atoms with Crippen molar-refractivity contribution in [1.82, 2.24) is 4.90 Å². The number of carbonyl (C=O) groups is 2. The quantitative estimate of drug-likeness (QED) is 0.223. The van der Waals surface area contributed by atoms with E-state index in [-0.39, 0.29) is 29.5 Å². The molecule has 0 aliphatic carbocycles. The van der Waals surface area contributed by atoms with Gasteiger partial charge in [-0.2, -0.15) is 0 Å². The molecule has 7 nitrogen and oxygen atoms in total. The van der Waals surface area contributed by atoms with Crippen molar-refractivity contribution in [3.63, 3.8) is 0 Å². The maximum absolute atomic E-state index is 12.4. The molecule has 2 aromatic rings. The van der Waals surface area contributed by atoms with Crippen molar-refractivity contribution in [3.8, 4) is 5.75 Å². The van der Waals surface area contributed by atoms with Gasteiger partial charge in [0.1, 0.15) is 12.4 Å². The van der Waals surface area contributed by atoms with E-state index in [4.69, 9.17) is 4.74 Å². The zero-order valence-electron chi connectivity index (χ0n) is 15.6. The first kappa shape index (κ1) is 21.3. The van der Waals surface area contributed by atoms with Crippen molar-refractivity contribution in [2.45, 2.75) is 26.5 Å². The SMILES string of the molecule is CC(C)N1C(=O)S/C(=C/c2ccc(OCc3ccc([N+](=O)[O-])cc3)c(I)c2)C1=O. The van der Waals surface area contributed by atoms with Crippen LogP contribution in [0.3, 0.4) is 0 Å². The van der Waals surface area contributed by atoms with Crippen molar-refractivity contribution in [2.24, 2.45) is 0 Å². The first-order valence-corrected chi connectivity index (χ1v) is 10.6. The standard InChI is InChI=1S/C20H17IN2O5S/c1-12(2)22-19(24)18(29-20(22)25)10-14-5-8-17(16(21)9-14)28-11-13-3-6-15(7-4-13)23(26)27/h3-10,12H,11H2,1-2H3/b18-10+. The maximum atomic E-state index is 12.4. The monoisotopic (exact) mass is 524 g/mol. The van der Waals surface area contributed by atoms with E-state index in [1.54, 1.807) is 38.1 Å². The molecule has 0 N–H and O–H groups in total. The molecule has 1 aliphatic rings. The molecule has 0 radical (unpaired) electrons. The topological polar surface area (TPSA) is 89.8 Å². The average Bonchev–Trinajstić information content (AvgIpc) is 2.94. The Hall–Kier alpha value is -2.40. The van der Waals surface area contributed by atoms with E-state index in [1.807, 2.05) is 12.1 Å². The van der Waals surface area contributed by atoms with Crippen molar-refractivity contribution >= 4 is 57.3 Å². The molecule has 2 amide bonds. The Balaban J connectivity index is 1.70. The summed E-state index contributed by atoms with van der Waals surface area (Å²) < 4.78 is 6.65. The third kappa shape index (κ3) is 4.96. The summed E-state index contributed by atoms with van der Waals surface area (Å²) >= 11 is 3.08. The maximum Gasteiger partial charge on any atom is 0.293 e. The number of thioether (sulfide) groups is 1. The second kappa shape index (κ2) is 8.95. The Kier molecular flexibility index (Phi) is 6.58. The van der Waals surface area contributed by atoms with E-state index in [0.29, 0.717) is 10.7 Å². The van der Waals surface area contributed by atoms with Gasteiger partial charge in [-0.1, -0.05) is 6.07 Å². The lowest BCUT2D eigenvalue weighted by atomic mass is 10.2. The predicted molar refractivity (Wildman–Crippen MR) is 120 cm³/mol. The number of nitro groups is 1. The Morgan fingerprint density at radius 1 is 1.21 bits per heavy atom. The highest BCUT2D eigenvalue weighted by Gasteiger charge is 2.36. The summed E-state index contributed by atoms with van der Waals surface area (Å²) in [6.07, 6.45) is 1.70. The van der Waals surface area contributed by atoms with Gasteiger partial charge in [0.05, 0.1) is 13.4 Å². The molecule has 3 rings (SSSR count). The highest BCUT2D eigenvalue weighted by molar-refractivity contribution is 14.1. The molecule has 0 spiro atoms. The number of hydrogen-bond donors (Lipinski definition) is 0. The van der Waals surface area contributed by atoms with Crippen molar-refractivity contribution in [1.29, 1.82) is 0 Å². The van der Waals surface area contributed by atoms with Gasteiger partial charge in [-0.3, -0.25) is 24.6 Å². The average molecular weight is 524 g/mol. The summed E-state index contributed by atoms with van der Waals surface area (Å²) in [7, 11) is 0. The van der Waals surface area contributed by atoms with Crippen LogP contribution in [0.5, 0.6) is 5.75 Å². The second-order valence-corrected chi connectivity index (χ2v) is 8.70. The van der Waals surface area contributed by atoms with Crippen LogP contribution in [0.25, 0.3) is 6.08 Å². The normalized spacial score (nSPS) is 15.4. The summed E-state index contributed by atoms with van der Waals surface area (Å²) in [5.41, 5.74) is 1.65. The molecule has 0 bridgehead atoms. The van der Waals surface area contributed by atoms with E-state index in [9.17, 15) is 19.7 Å². The molecule has 9 heteroatoms. The fourth-order valence-electron chi connectivity index (χ4n) is 2.68. The lowest BCUT2D eigenvalue weighted by Crippen LogP contribution is -2.34. The molecule has 0 atom stereocenters. The van der Waals surface area contributed by atoms with Crippen molar-refractivity contribution in [3.05, 3.63) is 72.2 Å². The second-order valence-electron chi connectivity index (χ2n) is 6.55. The summed E-state index contributed by atoms with van der Waals surface area (Å²) in [6, 6.07) is 11.5. The summed E-state index contributed by atoms with van der Waals surface area (Å²) in [4.78, 5) is 36.3. The van der Waals surface area contributed by atoms with E-state index >= 15 is 0 Å². The van der Waals surface area contributed by atoms with Crippen LogP contribution in [0.15, 0.2) is 47.4 Å². The lowest BCUT2D eigenvalue weighted by molar-refractivity contribution is -0.384. The van der Waals surface area contributed by atoms with Gasteiger partial charge in [-0.15, -0.1) is 0 Å². The zero-order chi connectivity index (χ0) is 21.1. The molecule has 0 unspecified atom stereocenters. The van der Waals surface area contributed by atoms with Gasteiger partial charge in [0.25, 0.3) is 16.8 Å². The fraction of sp³-hybridized carbons (Fsp3) is 0.200. The van der Waals surface area contributed by atoms with E-state index in [0.717, 1.165) is 26.5 Å². The number of ether oxygens (including phenoxy) is 1. The molecule has 0 saturated carbocycles. The van der Waals surface area contributed by atoms with Gasteiger partial charge in [0.2, 0.25) is 0 Å². The van der Waals surface area contributed by atoms with Gasteiger partial charge >= 0.3 is 0 Å². The Labute approximate surface area is 185 Å². The summed E-state index contributed by atoms with van der Waals surface area (Å²) in [5.74, 6) is 0.389. The first-order chi connectivity index (χ1) is 13.8. The van der Waals surface area contributed by atoms with Gasteiger partial charge < -0.3 is 4.74 Å². The number of nitro benzene ring substituents is 1. The molecule has 29 heavy (non-hydrogen) atoms. The number of rotatable bonds is 6. The van der Waals surface area contributed by atoms with Crippen molar-refractivity contribution in [2.75, 3.05) is 0 Å². The molecule has 1 heterocycles. The molecule has 1 fully saturated rings. The van der Waals surface area contributed by atoms with E-state index < -0.39 is 4.92 Å². The Morgan fingerprint density at radius 3 is 2.45 bits per heavy atom. The minimum atomic E-state index is -0.442. The highest BCUT2D eigenvalue weighted by atomic mass is 127. The lowest BCUT2D eigenvalue weighted by Gasteiger charge is -2.16. The number of imide groups is 1.